The van der Waals surface area contributed by atoms with Gasteiger partial charge in [-0.3, -0.25) is 0 Å². The topological polar surface area (TPSA) is 57.2 Å². The molecule has 0 aromatic rings. The van der Waals surface area contributed by atoms with Gasteiger partial charge in [-0.2, -0.15) is 0 Å². The molecule has 1 N–H and O–H groups in total. The third kappa shape index (κ3) is 22.6. The van der Waals surface area contributed by atoms with Crippen LogP contribution in [0.25, 0.3) is 0 Å². The predicted molar refractivity (Wildman–Crippen MR) is 118 cm³/mol. The molecule has 5 nitrogen and oxygen atoms in total. The van der Waals surface area contributed by atoms with Crippen molar-refractivity contribution in [2.24, 2.45) is 0 Å². The lowest BCUT2D eigenvalue weighted by atomic mass is 10.5. The lowest BCUT2D eigenvalue weighted by Crippen LogP contribution is -2.43. The van der Waals surface area contributed by atoms with Gasteiger partial charge in [0.25, 0.3) is 0 Å². The summed E-state index contributed by atoms with van der Waals surface area (Å²) in [5, 5.41) is 8.54. The van der Waals surface area contributed by atoms with E-state index in [9.17, 15) is 0 Å². The minimum Gasteiger partial charge on any atom is -0.456 e. The van der Waals surface area contributed by atoms with Crippen LogP contribution in [-0.2, 0) is 17.4 Å². The van der Waals surface area contributed by atoms with Crippen LogP contribution in [0.15, 0.2) is 0 Å². The van der Waals surface area contributed by atoms with Crippen molar-refractivity contribution in [3.05, 3.63) is 0 Å². The minimum absolute atomic E-state index is 0.117. The monoisotopic (exact) mass is 428 g/mol. The molecule has 0 unspecified atom stereocenters. The summed E-state index contributed by atoms with van der Waals surface area (Å²) in [7, 11) is -4.27. The zero-order chi connectivity index (χ0) is 20.4. The zero-order valence-electron chi connectivity index (χ0n) is 18.6. The van der Waals surface area contributed by atoms with Crippen LogP contribution in [0.4, 0.5) is 0 Å². The van der Waals surface area contributed by atoms with E-state index >= 15 is 0 Å². The van der Waals surface area contributed by atoms with Crippen molar-refractivity contribution in [2.75, 3.05) is 26.9 Å². The molecule has 25 heavy (non-hydrogen) atoms. The van der Waals surface area contributed by atoms with Crippen molar-refractivity contribution >= 4 is 33.5 Å². The van der Waals surface area contributed by atoms with Gasteiger partial charge in [-0.05, 0) is 77.9 Å². The zero-order valence-corrected chi connectivity index (χ0v) is 22.6. The van der Waals surface area contributed by atoms with E-state index < -0.39 is 33.5 Å². The van der Waals surface area contributed by atoms with Gasteiger partial charge in [-0.25, -0.2) is 0 Å². The Morgan fingerprint density at radius 2 is 1.20 bits per heavy atom. The fraction of sp³-hybridized carbons (Fsp3) is 1.00. The van der Waals surface area contributed by atoms with E-state index in [4.69, 9.17) is 22.5 Å². The van der Waals surface area contributed by atoms with Crippen molar-refractivity contribution in [2.45, 2.75) is 77.9 Å². The van der Waals surface area contributed by atoms with Gasteiger partial charge in [0.15, 0.2) is 25.0 Å². The summed E-state index contributed by atoms with van der Waals surface area (Å²) in [6.07, 6.45) is 1.05. The first-order chi connectivity index (χ1) is 11.0. The fourth-order valence-corrected chi connectivity index (χ4v) is 16.7. The van der Waals surface area contributed by atoms with Crippen LogP contribution in [0.1, 0.15) is 6.42 Å². The second kappa shape index (κ2) is 12.2. The van der Waals surface area contributed by atoms with E-state index in [0.717, 1.165) is 19.1 Å². The SMILES string of the molecule is CO[Si](C)(C)O[Si](C)(C)C.C[Si](C)(C)O[Si](C)(C)CCCOCCO. The lowest BCUT2D eigenvalue weighted by molar-refractivity contribution is 0.0924. The highest BCUT2D eigenvalue weighted by atomic mass is 28.4. The van der Waals surface area contributed by atoms with Crippen LogP contribution in [-0.4, -0.2) is 65.6 Å². The normalized spacial score (nSPS) is 13.4. The molecule has 0 heterocycles. The molecule has 0 spiro atoms. The molecule has 0 rings (SSSR count). The number of aliphatic hydroxyl groups excluding tert-OH is 1. The average molecular weight is 429 g/mol. The van der Waals surface area contributed by atoms with Crippen molar-refractivity contribution in [1.29, 1.82) is 0 Å². The highest BCUT2D eigenvalue weighted by Crippen LogP contribution is 2.19. The Kier molecular flexibility index (Phi) is 13.6. The van der Waals surface area contributed by atoms with E-state index in [-0.39, 0.29) is 6.61 Å². The van der Waals surface area contributed by atoms with Crippen LogP contribution in [0.5, 0.6) is 0 Å². The van der Waals surface area contributed by atoms with Crippen LogP contribution in [0.2, 0.25) is 71.5 Å². The van der Waals surface area contributed by atoms with E-state index in [0.29, 0.717) is 6.61 Å². The Hall–Kier alpha value is 0.668. The van der Waals surface area contributed by atoms with Crippen molar-refractivity contribution in [3.63, 3.8) is 0 Å². The Balaban J connectivity index is 0. The molecule has 0 aliphatic rings. The van der Waals surface area contributed by atoms with Crippen molar-refractivity contribution in [3.8, 4) is 0 Å². The maximum atomic E-state index is 8.54. The van der Waals surface area contributed by atoms with Crippen LogP contribution in [0.3, 0.4) is 0 Å². The second-order valence-electron chi connectivity index (χ2n) is 9.23. The van der Waals surface area contributed by atoms with E-state index in [2.05, 4.69) is 65.5 Å². The molecule has 0 aromatic heterocycles. The predicted octanol–water partition coefficient (Wildman–Crippen LogP) is 4.63. The van der Waals surface area contributed by atoms with Gasteiger partial charge >= 0.3 is 8.56 Å². The molecule has 154 valence electrons. The third-order valence-electron chi connectivity index (χ3n) is 2.93. The largest absolute Gasteiger partial charge is 0.456 e. The van der Waals surface area contributed by atoms with Gasteiger partial charge in [0.2, 0.25) is 0 Å². The number of aliphatic hydroxyl groups is 1. The van der Waals surface area contributed by atoms with Gasteiger partial charge in [0.1, 0.15) is 0 Å². The van der Waals surface area contributed by atoms with Crippen LogP contribution in [0, 0.1) is 0 Å². The minimum atomic E-state index is -1.75. The molecule has 0 saturated heterocycles. The number of ether oxygens (including phenoxy) is 1. The maximum Gasteiger partial charge on any atom is 0.321 e. The Labute approximate surface area is 161 Å². The van der Waals surface area contributed by atoms with E-state index in [1.807, 2.05) is 0 Å². The molecule has 9 heteroatoms. The van der Waals surface area contributed by atoms with Gasteiger partial charge in [-0.1, -0.05) is 0 Å². The lowest BCUT2D eigenvalue weighted by Gasteiger charge is -2.31. The first-order valence-electron chi connectivity index (χ1n) is 9.18. The average Bonchev–Trinajstić information content (AvgIpc) is 2.33. The third-order valence-corrected chi connectivity index (χ3v) is 14.5. The summed E-state index contributed by atoms with van der Waals surface area (Å²) in [4.78, 5) is 0. The molecule has 0 fully saturated rings. The van der Waals surface area contributed by atoms with Crippen molar-refractivity contribution in [1.82, 2.24) is 0 Å². The van der Waals surface area contributed by atoms with Gasteiger partial charge in [-0.15, -0.1) is 0 Å². The molecule has 0 aliphatic heterocycles. The van der Waals surface area contributed by atoms with Crippen molar-refractivity contribution < 1.29 is 22.5 Å². The molecule has 0 bridgehead atoms. The summed E-state index contributed by atoms with van der Waals surface area (Å²) in [6.45, 7) is 23.3. The van der Waals surface area contributed by atoms with Gasteiger partial charge < -0.3 is 22.5 Å². The quantitative estimate of drug-likeness (QED) is 0.384. The molecule has 0 atom stereocenters. The number of rotatable bonds is 11. The molecular weight excluding hydrogens is 385 g/mol. The van der Waals surface area contributed by atoms with Crippen LogP contribution < -0.4 is 0 Å². The maximum absolute atomic E-state index is 8.54. The van der Waals surface area contributed by atoms with Gasteiger partial charge in [0, 0.05) is 13.7 Å². The second-order valence-corrected chi connectivity index (χ2v) is 26.5. The van der Waals surface area contributed by atoms with E-state index in [1.54, 1.807) is 7.11 Å². The first-order valence-corrected chi connectivity index (χ1v) is 21.9. The standard InChI is InChI=1S/C10H26O3Si2.C6H18O2Si2/c1-14(2,3)13-15(4,5)10-6-8-12-9-7-11;1-7-10(5,6)8-9(2,3)4/h11H,6-10H2,1-5H3;1-6H3. The molecule has 0 aliphatic carbocycles. The molecule has 0 radical (unpaired) electrons. The summed E-state index contributed by atoms with van der Waals surface area (Å²) in [5.74, 6) is 0. The highest BCUT2D eigenvalue weighted by Gasteiger charge is 2.30. The summed E-state index contributed by atoms with van der Waals surface area (Å²) >= 11 is 0. The Bertz CT molecular complexity index is 338. The van der Waals surface area contributed by atoms with Gasteiger partial charge in [0.05, 0.1) is 13.2 Å². The summed E-state index contributed by atoms with van der Waals surface area (Å²) < 4.78 is 22.5. The smallest absolute Gasteiger partial charge is 0.321 e. The molecule has 0 amide bonds. The first kappa shape index (κ1) is 27.9. The fourth-order valence-electron chi connectivity index (χ4n) is 2.43. The number of hydrogen-bond donors (Lipinski definition) is 1. The molecular formula is C16H44O5Si4. The summed E-state index contributed by atoms with van der Waals surface area (Å²) in [6, 6.07) is 1.14. The van der Waals surface area contributed by atoms with E-state index in [1.165, 1.54) is 0 Å². The summed E-state index contributed by atoms with van der Waals surface area (Å²) in [5.41, 5.74) is 0. The van der Waals surface area contributed by atoms with Crippen LogP contribution >= 0.6 is 0 Å². The Morgan fingerprint density at radius 3 is 1.52 bits per heavy atom. The molecule has 0 aromatic carbocycles. The molecule has 0 saturated carbocycles. The highest BCUT2D eigenvalue weighted by molar-refractivity contribution is 6.84. The number of hydrogen-bond acceptors (Lipinski definition) is 5. The Morgan fingerprint density at radius 1 is 0.720 bits per heavy atom.